The lowest BCUT2D eigenvalue weighted by molar-refractivity contribution is -0.114. The molecule has 1 aliphatic heterocycles. The van der Waals surface area contributed by atoms with E-state index < -0.39 is 21.1 Å². The number of aromatic nitrogens is 2. The number of ether oxygens (including phenoxy) is 1. The summed E-state index contributed by atoms with van der Waals surface area (Å²) >= 11 is 6.38. The molecule has 1 aromatic heterocycles. The number of nitrogens with zero attached hydrogens (tertiary/aromatic N) is 3. The summed E-state index contributed by atoms with van der Waals surface area (Å²) in [5.41, 5.74) is 3.20. The summed E-state index contributed by atoms with van der Waals surface area (Å²) in [5.74, 6) is 0.0424. The molecule has 11 heteroatoms. The first-order valence-corrected chi connectivity index (χ1v) is 18.3. The van der Waals surface area contributed by atoms with Gasteiger partial charge in [0, 0.05) is 42.3 Å². The Morgan fingerprint density at radius 2 is 1.98 bits per heavy atom. The summed E-state index contributed by atoms with van der Waals surface area (Å²) in [4.78, 5) is 35.0. The number of halogens is 1. The van der Waals surface area contributed by atoms with Gasteiger partial charge < -0.3 is 14.7 Å². The molecule has 1 saturated carbocycles. The molecule has 1 N–H and O–H groups in total. The van der Waals surface area contributed by atoms with E-state index in [4.69, 9.17) is 16.3 Å². The minimum absolute atomic E-state index is 0.102. The summed E-state index contributed by atoms with van der Waals surface area (Å²) in [7, 11) is -3.72. The zero-order chi connectivity index (χ0) is 33.2. The van der Waals surface area contributed by atoms with Gasteiger partial charge in [0.25, 0.3) is 0 Å². The molecule has 4 atom stereocenters. The SMILES string of the molecule is CCC(CCC(=O)/C=C/[C@@H]1CC[C@H]1CN1CC2(CCCc3cc(Cl)ccc32)COc2ccc(C(=O)O)cc21)S(=O)(=O)c1ncccn1. The summed E-state index contributed by atoms with van der Waals surface area (Å²) in [6.45, 7) is 3.66. The molecule has 0 bridgehead atoms. The van der Waals surface area contributed by atoms with Gasteiger partial charge in [0.1, 0.15) is 5.75 Å². The Kier molecular flexibility index (Phi) is 9.71. The Hall–Kier alpha value is -3.76. The number of carbonyl (C=O) groups excluding carboxylic acids is 1. The molecule has 47 heavy (non-hydrogen) atoms. The van der Waals surface area contributed by atoms with E-state index in [1.165, 1.54) is 23.5 Å². The summed E-state index contributed by atoms with van der Waals surface area (Å²) in [6, 6.07) is 12.8. The first-order valence-electron chi connectivity index (χ1n) is 16.4. The van der Waals surface area contributed by atoms with Gasteiger partial charge in [-0.15, -0.1) is 0 Å². The van der Waals surface area contributed by atoms with E-state index >= 15 is 0 Å². The van der Waals surface area contributed by atoms with E-state index in [0.717, 1.165) is 42.8 Å². The van der Waals surface area contributed by atoms with E-state index in [2.05, 4.69) is 27.0 Å². The molecule has 1 fully saturated rings. The predicted molar refractivity (Wildman–Crippen MR) is 180 cm³/mol. The van der Waals surface area contributed by atoms with Crippen LogP contribution in [-0.4, -0.2) is 60.2 Å². The third-order valence-corrected chi connectivity index (χ3v) is 12.5. The number of sulfone groups is 1. The number of benzene rings is 2. The number of hydrogen-bond acceptors (Lipinski definition) is 8. The van der Waals surface area contributed by atoms with Gasteiger partial charge in [-0.25, -0.2) is 23.2 Å². The van der Waals surface area contributed by atoms with E-state index in [-0.39, 0.29) is 46.6 Å². The molecule has 0 saturated heterocycles. The number of carboxylic acid groups (broad SMARTS) is 1. The standard InChI is InChI=1S/C36H40ClN3O6S/c1-2-30(47(44,45)35-38-17-4-18-39-35)13-12-29(41)11-8-24-6-7-27(24)21-40-22-36(16-3-5-25-19-28(37)10-14-31(25)36)23-46-33-15-9-26(34(42)43)20-32(33)40/h4,8-11,14-15,17-20,24,27,30H,2-3,5-7,12-13,16,21-23H2,1H3,(H,42,43)/b11-8+/t24-,27-,30?,36?/m0/s1. The Morgan fingerprint density at radius 3 is 2.70 bits per heavy atom. The van der Waals surface area contributed by atoms with Crippen molar-refractivity contribution in [2.24, 2.45) is 11.8 Å². The van der Waals surface area contributed by atoms with Crippen LogP contribution in [0.4, 0.5) is 5.69 Å². The smallest absolute Gasteiger partial charge is 0.335 e. The molecular formula is C36H40ClN3O6S. The first-order chi connectivity index (χ1) is 22.6. The summed E-state index contributed by atoms with van der Waals surface area (Å²) in [5, 5.41) is 9.58. The third kappa shape index (κ3) is 6.94. The van der Waals surface area contributed by atoms with Crippen molar-refractivity contribution in [3.63, 3.8) is 0 Å². The molecule has 2 aliphatic carbocycles. The van der Waals surface area contributed by atoms with Crippen LogP contribution in [-0.2, 0) is 26.5 Å². The van der Waals surface area contributed by atoms with Gasteiger partial charge in [0.15, 0.2) is 5.78 Å². The highest BCUT2D eigenvalue weighted by molar-refractivity contribution is 7.91. The molecule has 0 amide bonds. The zero-order valence-corrected chi connectivity index (χ0v) is 28.0. The number of anilines is 1. The van der Waals surface area contributed by atoms with Crippen molar-refractivity contribution >= 4 is 38.9 Å². The van der Waals surface area contributed by atoms with Crippen molar-refractivity contribution in [3.8, 4) is 5.75 Å². The van der Waals surface area contributed by atoms with E-state index in [0.29, 0.717) is 31.9 Å². The third-order valence-electron chi connectivity index (χ3n) is 10.1. The molecule has 3 aromatic rings. The van der Waals surface area contributed by atoms with Crippen molar-refractivity contribution < 1.29 is 27.9 Å². The fraction of sp³-hybridized carbons (Fsp3) is 0.444. The molecule has 2 aromatic carbocycles. The first kappa shape index (κ1) is 33.2. The van der Waals surface area contributed by atoms with E-state index in [1.807, 2.05) is 12.1 Å². The lowest BCUT2D eigenvalue weighted by Gasteiger charge is -2.44. The minimum Gasteiger partial charge on any atom is -0.490 e. The molecule has 2 heterocycles. The number of ketones is 1. The number of carboxylic acids is 1. The number of allylic oxidation sites excluding steroid dienone is 2. The maximum atomic E-state index is 13.0. The molecule has 248 valence electrons. The molecular weight excluding hydrogens is 638 g/mol. The maximum absolute atomic E-state index is 13.0. The highest BCUT2D eigenvalue weighted by Crippen LogP contribution is 2.46. The highest BCUT2D eigenvalue weighted by atomic mass is 35.5. The largest absolute Gasteiger partial charge is 0.490 e. The molecule has 0 radical (unpaired) electrons. The van der Waals surface area contributed by atoms with E-state index in [1.54, 1.807) is 37.3 Å². The van der Waals surface area contributed by atoms with Crippen molar-refractivity contribution in [3.05, 3.63) is 88.7 Å². The van der Waals surface area contributed by atoms with Gasteiger partial charge in [-0.1, -0.05) is 30.7 Å². The van der Waals surface area contributed by atoms with Crippen molar-refractivity contribution in [2.75, 3.05) is 24.6 Å². The van der Waals surface area contributed by atoms with Crippen LogP contribution in [0.15, 0.2) is 72.2 Å². The van der Waals surface area contributed by atoms with Crippen LogP contribution in [0.25, 0.3) is 0 Å². The van der Waals surface area contributed by atoms with Gasteiger partial charge >= 0.3 is 5.97 Å². The fourth-order valence-electron chi connectivity index (χ4n) is 7.38. The maximum Gasteiger partial charge on any atom is 0.335 e. The number of aromatic carboxylic acids is 1. The number of aryl methyl sites for hydroxylation is 1. The van der Waals surface area contributed by atoms with Crippen LogP contribution in [0.3, 0.4) is 0 Å². The van der Waals surface area contributed by atoms with Gasteiger partial charge in [-0.2, -0.15) is 0 Å². The topological polar surface area (TPSA) is 127 Å². The molecule has 1 spiro atoms. The normalized spacial score (nSPS) is 22.9. The second kappa shape index (κ2) is 13.8. The van der Waals surface area contributed by atoms with Gasteiger partial charge in [-0.3, -0.25) is 4.79 Å². The van der Waals surface area contributed by atoms with Crippen LogP contribution >= 0.6 is 11.6 Å². The van der Waals surface area contributed by atoms with Crippen LogP contribution in [0, 0.1) is 11.8 Å². The average molecular weight is 678 g/mol. The Bertz CT molecular complexity index is 1780. The highest BCUT2D eigenvalue weighted by Gasteiger charge is 2.43. The van der Waals surface area contributed by atoms with Crippen LogP contribution in [0.1, 0.15) is 73.4 Å². The number of rotatable bonds is 11. The lowest BCUT2D eigenvalue weighted by Crippen LogP contribution is -2.48. The quantitative estimate of drug-likeness (QED) is 0.179. The summed E-state index contributed by atoms with van der Waals surface area (Å²) < 4.78 is 32.4. The van der Waals surface area contributed by atoms with Gasteiger partial charge in [0.2, 0.25) is 15.0 Å². The second-order valence-electron chi connectivity index (χ2n) is 13.1. The number of hydrogen-bond donors (Lipinski definition) is 1. The lowest BCUT2D eigenvalue weighted by atomic mass is 9.69. The predicted octanol–water partition coefficient (Wildman–Crippen LogP) is 6.49. The molecule has 2 unspecified atom stereocenters. The summed E-state index contributed by atoms with van der Waals surface area (Å²) in [6.07, 6.45) is 12.0. The minimum atomic E-state index is -3.72. The van der Waals surface area contributed by atoms with Crippen molar-refractivity contribution in [1.82, 2.24) is 9.97 Å². The van der Waals surface area contributed by atoms with E-state index in [9.17, 15) is 23.1 Å². The number of carbonyl (C=O) groups is 2. The fourth-order valence-corrected chi connectivity index (χ4v) is 9.16. The second-order valence-corrected chi connectivity index (χ2v) is 15.6. The number of fused-ring (bicyclic) bond motifs is 3. The zero-order valence-electron chi connectivity index (χ0n) is 26.5. The Morgan fingerprint density at radius 1 is 1.17 bits per heavy atom. The van der Waals surface area contributed by atoms with Crippen LogP contribution < -0.4 is 9.64 Å². The van der Waals surface area contributed by atoms with Gasteiger partial charge in [-0.05, 0) is 110 Å². The van der Waals surface area contributed by atoms with Crippen LogP contribution in [0.5, 0.6) is 5.75 Å². The average Bonchev–Trinajstić information content (AvgIpc) is 3.20. The molecule has 9 nitrogen and oxygen atoms in total. The Balaban J connectivity index is 1.17. The Labute approximate surface area is 280 Å². The van der Waals surface area contributed by atoms with Crippen molar-refractivity contribution in [1.29, 1.82) is 0 Å². The monoisotopic (exact) mass is 677 g/mol. The molecule has 3 aliphatic rings. The van der Waals surface area contributed by atoms with Crippen molar-refractivity contribution in [2.45, 2.75) is 74.1 Å². The van der Waals surface area contributed by atoms with Gasteiger partial charge in [0.05, 0.1) is 23.1 Å². The van der Waals surface area contributed by atoms with Crippen LogP contribution in [0.2, 0.25) is 5.02 Å². The molecule has 6 rings (SSSR count).